The van der Waals surface area contributed by atoms with Crippen LogP contribution in [-0.2, 0) is 0 Å². The van der Waals surface area contributed by atoms with E-state index in [0.29, 0.717) is 0 Å². The van der Waals surface area contributed by atoms with Crippen LogP contribution < -0.4 is 0 Å². The molecule has 0 saturated carbocycles. The quantitative estimate of drug-likeness (QED) is 0.570. The Balaban J connectivity index is -0.000000320. The van der Waals surface area contributed by atoms with E-state index >= 15 is 0 Å². The molecule has 0 aliphatic carbocycles. The normalized spacial score (nSPS) is 9.82. The number of quaternary nitrogens is 1. The van der Waals surface area contributed by atoms with E-state index in [9.17, 15) is 0 Å². The van der Waals surface area contributed by atoms with Crippen LogP contribution in [0.4, 0.5) is 0 Å². The second kappa shape index (κ2) is 7.98. The minimum absolute atomic E-state index is 0. The van der Waals surface area contributed by atoms with Gasteiger partial charge in [0.2, 0.25) is 0 Å². The van der Waals surface area contributed by atoms with E-state index in [1.165, 1.54) is 30.7 Å². The third-order valence-electron chi connectivity index (χ3n) is 2.68. The Morgan fingerprint density at radius 1 is 0.727 bits per heavy atom. The highest BCUT2D eigenvalue weighted by molar-refractivity contribution is 4.31. The van der Waals surface area contributed by atoms with E-state index in [1.807, 2.05) is 0 Å². The summed E-state index contributed by atoms with van der Waals surface area (Å²) < 4.78 is 1.28. The lowest BCUT2D eigenvalue weighted by atomic mass is 10.3. The van der Waals surface area contributed by atoms with Crippen molar-refractivity contribution >= 4 is 0 Å². The van der Waals surface area contributed by atoms with Gasteiger partial charge in [-0.15, -0.1) is 0 Å². The smallest absolute Gasteiger partial charge is 0.0757 e. The fourth-order valence-electron chi connectivity index (χ4n) is 1.34. The highest BCUT2D eigenvalue weighted by atomic mass is 16.0. The molecule has 0 heterocycles. The second-order valence-corrected chi connectivity index (χ2v) is 2.61. The first kappa shape index (κ1) is 17.1. The largest absolute Gasteiger partial charge is 0.870 e. The molecule has 3 nitrogen and oxygen atoms in total. The van der Waals surface area contributed by atoms with Crippen molar-refractivity contribution in [3.8, 4) is 0 Å². The minimum atomic E-state index is 0. The van der Waals surface area contributed by atoms with E-state index in [1.54, 1.807) is 0 Å². The lowest BCUT2D eigenvalue weighted by Gasteiger charge is -2.34. The maximum Gasteiger partial charge on any atom is 0.0757 e. The van der Waals surface area contributed by atoms with Gasteiger partial charge in [0, 0.05) is 0 Å². The van der Waals surface area contributed by atoms with Crippen LogP contribution in [-0.4, -0.2) is 41.6 Å². The Hall–Kier alpha value is -0.120. The summed E-state index contributed by atoms with van der Waals surface area (Å²) in [4.78, 5) is 0. The zero-order valence-electron chi connectivity index (χ0n) is 8.22. The van der Waals surface area contributed by atoms with Crippen LogP contribution in [0.1, 0.15) is 27.7 Å². The molecule has 0 aromatic carbocycles. The molecule has 0 radical (unpaired) electrons. The van der Waals surface area contributed by atoms with Gasteiger partial charge < -0.3 is 15.4 Å². The van der Waals surface area contributed by atoms with Crippen LogP contribution in [0.15, 0.2) is 0 Å². The Labute approximate surface area is 70.2 Å². The summed E-state index contributed by atoms with van der Waals surface area (Å²) in [6, 6.07) is 0. The van der Waals surface area contributed by atoms with Crippen molar-refractivity contribution in [2.45, 2.75) is 27.7 Å². The third kappa shape index (κ3) is 4.35. The zero-order chi connectivity index (χ0) is 7.33. The minimum Gasteiger partial charge on any atom is -0.870 e. The Morgan fingerprint density at radius 3 is 0.909 bits per heavy atom. The van der Waals surface area contributed by atoms with Gasteiger partial charge >= 0.3 is 0 Å². The average molecular weight is 165 g/mol. The molecule has 0 aliphatic heterocycles. The molecule has 0 fully saturated rings. The molecular weight excluding hydrogens is 142 g/mol. The summed E-state index contributed by atoms with van der Waals surface area (Å²) in [5.74, 6) is 0. The molecule has 0 bridgehead atoms. The number of hydrogen-bond acceptors (Lipinski definition) is 1. The van der Waals surface area contributed by atoms with Crippen LogP contribution in [0.2, 0.25) is 0 Å². The van der Waals surface area contributed by atoms with Crippen molar-refractivity contribution in [3.63, 3.8) is 0 Å². The van der Waals surface area contributed by atoms with E-state index in [0.717, 1.165) is 0 Å². The summed E-state index contributed by atoms with van der Waals surface area (Å²) in [5.41, 5.74) is 0. The average Bonchev–Trinajstić information content (AvgIpc) is 1.95. The monoisotopic (exact) mass is 165 g/mol. The third-order valence-corrected chi connectivity index (χ3v) is 2.68. The highest BCUT2D eigenvalue weighted by Crippen LogP contribution is 2.03. The molecule has 0 spiro atoms. The van der Waals surface area contributed by atoms with Gasteiger partial charge in [0.1, 0.15) is 0 Å². The number of rotatable bonds is 4. The first-order chi connectivity index (χ1) is 4.24. The lowest BCUT2D eigenvalue weighted by molar-refractivity contribution is -0.921. The molecule has 0 atom stereocenters. The van der Waals surface area contributed by atoms with Crippen LogP contribution in [0, 0.1) is 0 Å². The van der Waals surface area contributed by atoms with Crippen molar-refractivity contribution in [3.05, 3.63) is 0 Å². The van der Waals surface area contributed by atoms with Crippen LogP contribution >= 0.6 is 0 Å². The molecule has 0 amide bonds. The van der Waals surface area contributed by atoms with E-state index in [-0.39, 0.29) is 11.0 Å². The molecule has 0 aromatic rings. The van der Waals surface area contributed by atoms with Gasteiger partial charge in [-0.3, -0.25) is 0 Å². The molecule has 0 unspecified atom stereocenters. The fourth-order valence-corrected chi connectivity index (χ4v) is 1.34. The van der Waals surface area contributed by atoms with Gasteiger partial charge in [-0.25, -0.2) is 0 Å². The molecule has 11 heavy (non-hydrogen) atoms. The van der Waals surface area contributed by atoms with Gasteiger partial charge in [-0.2, -0.15) is 0 Å². The SMILES string of the molecule is CC[N+](CC)(CC)CC.O.[OH-]. The maximum atomic E-state index is 2.27. The highest BCUT2D eigenvalue weighted by Gasteiger charge is 2.16. The van der Waals surface area contributed by atoms with Crippen molar-refractivity contribution in [1.82, 2.24) is 0 Å². The van der Waals surface area contributed by atoms with Gasteiger partial charge in [0.15, 0.2) is 0 Å². The van der Waals surface area contributed by atoms with Crippen molar-refractivity contribution in [2.75, 3.05) is 26.2 Å². The van der Waals surface area contributed by atoms with E-state index in [2.05, 4.69) is 27.7 Å². The number of hydrogen-bond donors (Lipinski definition) is 0. The van der Waals surface area contributed by atoms with Crippen LogP contribution in [0.25, 0.3) is 0 Å². The summed E-state index contributed by atoms with van der Waals surface area (Å²) >= 11 is 0. The molecule has 0 aliphatic rings. The summed E-state index contributed by atoms with van der Waals surface area (Å²) in [6.07, 6.45) is 0. The van der Waals surface area contributed by atoms with Crippen molar-refractivity contribution in [1.29, 1.82) is 0 Å². The Kier molecular flexibility index (Phi) is 12.4. The molecular formula is C8H23NO2. The standard InChI is InChI=1S/C8H20N.2H2O/c1-5-9(6-2,7-3)8-4;;/h5-8H2,1-4H3;2*1H2/q+1;;/p-1. The predicted molar refractivity (Wildman–Crippen MR) is 48.0 cm³/mol. The van der Waals surface area contributed by atoms with Gasteiger partial charge in [-0.05, 0) is 27.7 Å². The first-order valence-corrected chi connectivity index (χ1v) is 4.09. The van der Waals surface area contributed by atoms with E-state index < -0.39 is 0 Å². The topological polar surface area (TPSA) is 61.5 Å². The van der Waals surface area contributed by atoms with Crippen LogP contribution in [0.3, 0.4) is 0 Å². The summed E-state index contributed by atoms with van der Waals surface area (Å²) in [5, 5.41) is 0. The summed E-state index contributed by atoms with van der Waals surface area (Å²) in [6.45, 7) is 14.2. The molecule has 0 saturated heterocycles. The van der Waals surface area contributed by atoms with Gasteiger partial charge in [0.05, 0.1) is 26.2 Å². The lowest BCUT2D eigenvalue weighted by Crippen LogP contribution is -2.47. The Morgan fingerprint density at radius 2 is 0.909 bits per heavy atom. The predicted octanol–water partition coefficient (Wildman–Crippen LogP) is 0.881. The fraction of sp³-hybridized carbons (Fsp3) is 1.00. The summed E-state index contributed by atoms with van der Waals surface area (Å²) in [7, 11) is 0. The van der Waals surface area contributed by atoms with Gasteiger partial charge in [0.25, 0.3) is 0 Å². The molecule has 72 valence electrons. The zero-order valence-corrected chi connectivity index (χ0v) is 8.22. The maximum absolute atomic E-state index is 2.27. The second-order valence-electron chi connectivity index (χ2n) is 2.61. The van der Waals surface area contributed by atoms with Crippen molar-refractivity contribution in [2.24, 2.45) is 0 Å². The van der Waals surface area contributed by atoms with E-state index in [4.69, 9.17) is 0 Å². The number of nitrogens with zero attached hydrogens (tertiary/aromatic N) is 1. The molecule has 3 heteroatoms. The molecule has 0 rings (SSSR count). The van der Waals surface area contributed by atoms with Crippen molar-refractivity contribution < 1.29 is 15.4 Å². The molecule has 0 aromatic heterocycles. The first-order valence-electron chi connectivity index (χ1n) is 4.09. The Bertz CT molecular complexity index is 55.0. The van der Waals surface area contributed by atoms with Crippen LogP contribution in [0.5, 0.6) is 0 Å². The van der Waals surface area contributed by atoms with Gasteiger partial charge in [-0.1, -0.05) is 0 Å². The molecule has 3 N–H and O–H groups in total.